The van der Waals surface area contributed by atoms with E-state index in [1.807, 2.05) is 6.92 Å². The predicted molar refractivity (Wildman–Crippen MR) is 78.7 cm³/mol. The zero-order valence-electron chi connectivity index (χ0n) is 10.6. The summed E-state index contributed by atoms with van der Waals surface area (Å²) in [6.07, 6.45) is 1.57. The number of imide groups is 1. The first-order valence-electron chi connectivity index (χ1n) is 5.89. The summed E-state index contributed by atoms with van der Waals surface area (Å²) < 4.78 is 0.821. The second-order valence-corrected chi connectivity index (χ2v) is 5.40. The molecule has 0 fully saturated rings. The summed E-state index contributed by atoms with van der Waals surface area (Å²) >= 11 is 3.34. The van der Waals surface area contributed by atoms with Crippen LogP contribution in [0, 0.1) is 6.92 Å². The normalized spacial score (nSPS) is 13.8. The van der Waals surface area contributed by atoms with Crippen molar-refractivity contribution in [3.05, 3.63) is 51.6 Å². The van der Waals surface area contributed by atoms with Gasteiger partial charge in [-0.05, 0) is 52.7 Å². The van der Waals surface area contributed by atoms with Gasteiger partial charge in [0, 0.05) is 16.4 Å². The maximum absolute atomic E-state index is 12.4. The first-order chi connectivity index (χ1) is 9.49. The zero-order valence-corrected chi connectivity index (χ0v) is 12.1. The average Bonchev–Trinajstić information content (AvgIpc) is 2.65. The van der Waals surface area contributed by atoms with E-state index in [0.717, 1.165) is 14.9 Å². The Kier molecular flexibility index (Phi) is 2.83. The molecular weight excluding hydrogens is 322 g/mol. The van der Waals surface area contributed by atoms with Crippen LogP contribution in [0.3, 0.4) is 0 Å². The van der Waals surface area contributed by atoms with Crippen LogP contribution in [0.15, 0.2) is 34.9 Å². The summed E-state index contributed by atoms with van der Waals surface area (Å²) in [5, 5.41) is 0. The van der Waals surface area contributed by atoms with Crippen LogP contribution in [0.5, 0.6) is 0 Å². The van der Waals surface area contributed by atoms with E-state index in [1.54, 1.807) is 24.4 Å². The highest BCUT2D eigenvalue weighted by molar-refractivity contribution is 9.10. The first-order valence-corrected chi connectivity index (χ1v) is 6.69. The molecule has 6 heteroatoms. The van der Waals surface area contributed by atoms with E-state index in [1.165, 1.54) is 6.07 Å². The van der Waals surface area contributed by atoms with E-state index in [4.69, 9.17) is 5.73 Å². The molecule has 2 aromatic rings. The molecule has 0 saturated carbocycles. The Morgan fingerprint density at radius 2 is 1.85 bits per heavy atom. The minimum atomic E-state index is -0.397. The monoisotopic (exact) mass is 331 g/mol. The van der Waals surface area contributed by atoms with Gasteiger partial charge in [0.2, 0.25) is 0 Å². The van der Waals surface area contributed by atoms with Gasteiger partial charge in [0.15, 0.2) is 0 Å². The van der Waals surface area contributed by atoms with E-state index in [9.17, 15) is 9.59 Å². The van der Waals surface area contributed by atoms with Gasteiger partial charge in [0.25, 0.3) is 11.8 Å². The number of fused-ring (bicyclic) bond motifs is 1. The van der Waals surface area contributed by atoms with E-state index < -0.39 is 5.91 Å². The number of aromatic nitrogens is 1. The van der Waals surface area contributed by atoms with Crippen molar-refractivity contribution in [3.8, 4) is 0 Å². The van der Waals surface area contributed by atoms with Crippen molar-refractivity contribution in [1.82, 2.24) is 4.98 Å². The molecule has 0 saturated heterocycles. The third-order valence-corrected chi connectivity index (χ3v) is 4.00. The van der Waals surface area contributed by atoms with Gasteiger partial charge in [-0.15, -0.1) is 0 Å². The highest BCUT2D eigenvalue weighted by Crippen LogP contribution is 2.29. The maximum atomic E-state index is 12.4. The molecule has 1 aromatic carbocycles. The zero-order chi connectivity index (χ0) is 14.4. The molecule has 2 amide bonds. The smallest absolute Gasteiger partial charge is 0.267 e. The molecular formula is C14H10BrN3O2. The van der Waals surface area contributed by atoms with Gasteiger partial charge >= 0.3 is 0 Å². The van der Waals surface area contributed by atoms with E-state index >= 15 is 0 Å². The SMILES string of the molecule is Cc1cc(N2C(=O)c3ccc(N)cc3C2=O)ncc1Br. The molecule has 0 atom stereocenters. The predicted octanol–water partition coefficient (Wildman–Crippen LogP) is 2.54. The number of hydrogen-bond donors (Lipinski definition) is 1. The molecule has 3 rings (SSSR count). The molecule has 100 valence electrons. The molecule has 0 spiro atoms. The number of nitrogens with two attached hydrogens (primary N) is 1. The summed E-state index contributed by atoms with van der Waals surface area (Å²) in [7, 11) is 0. The Bertz CT molecular complexity index is 758. The van der Waals surface area contributed by atoms with Gasteiger partial charge in [0.05, 0.1) is 11.1 Å². The highest BCUT2D eigenvalue weighted by atomic mass is 79.9. The minimum absolute atomic E-state index is 0.315. The topological polar surface area (TPSA) is 76.3 Å². The van der Waals surface area contributed by atoms with Crippen LogP contribution < -0.4 is 10.6 Å². The number of benzene rings is 1. The van der Waals surface area contributed by atoms with Gasteiger partial charge in [-0.1, -0.05) is 0 Å². The van der Waals surface area contributed by atoms with Gasteiger partial charge in [-0.2, -0.15) is 0 Å². The molecule has 0 bridgehead atoms. The summed E-state index contributed by atoms with van der Waals surface area (Å²) in [5.74, 6) is -0.457. The average molecular weight is 332 g/mol. The second kappa shape index (κ2) is 4.42. The number of amides is 2. The number of carbonyl (C=O) groups excluding carboxylic acids is 2. The minimum Gasteiger partial charge on any atom is -0.399 e. The van der Waals surface area contributed by atoms with Crippen molar-refractivity contribution < 1.29 is 9.59 Å². The lowest BCUT2D eigenvalue weighted by Crippen LogP contribution is -2.30. The Balaban J connectivity index is 2.11. The summed E-state index contributed by atoms with van der Waals surface area (Å²) in [6.45, 7) is 1.87. The molecule has 20 heavy (non-hydrogen) atoms. The number of aryl methyl sites for hydroxylation is 1. The molecule has 1 aromatic heterocycles. The van der Waals surface area contributed by atoms with Crippen LogP contribution in [0.2, 0.25) is 0 Å². The van der Waals surface area contributed by atoms with Crippen LogP contribution in [-0.4, -0.2) is 16.8 Å². The molecule has 1 aliphatic rings. The number of pyridine rings is 1. The van der Waals surface area contributed by atoms with Crippen LogP contribution in [0.4, 0.5) is 11.5 Å². The second-order valence-electron chi connectivity index (χ2n) is 4.54. The molecule has 0 aliphatic carbocycles. The lowest BCUT2D eigenvalue weighted by atomic mass is 10.1. The van der Waals surface area contributed by atoms with Crippen LogP contribution in [0.25, 0.3) is 0 Å². The van der Waals surface area contributed by atoms with E-state index in [0.29, 0.717) is 22.6 Å². The molecule has 2 N–H and O–H groups in total. The number of hydrogen-bond acceptors (Lipinski definition) is 4. The third-order valence-electron chi connectivity index (χ3n) is 3.17. The summed E-state index contributed by atoms with van der Waals surface area (Å²) in [6, 6.07) is 6.38. The maximum Gasteiger partial charge on any atom is 0.267 e. The van der Waals surface area contributed by atoms with E-state index in [-0.39, 0.29) is 5.91 Å². The standard InChI is InChI=1S/C14H10BrN3O2/c1-7-4-12(17-6-11(7)15)18-13(19)9-3-2-8(16)5-10(9)14(18)20/h2-6H,16H2,1H3. The van der Waals surface area contributed by atoms with Crippen LogP contribution >= 0.6 is 15.9 Å². The van der Waals surface area contributed by atoms with Crippen LogP contribution in [0.1, 0.15) is 26.3 Å². The van der Waals surface area contributed by atoms with Crippen molar-refractivity contribution in [3.63, 3.8) is 0 Å². The Labute approximate surface area is 123 Å². The number of halogens is 1. The van der Waals surface area contributed by atoms with Crippen molar-refractivity contribution in [2.45, 2.75) is 6.92 Å². The number of nitrogen functional groups attached to an aromatic ring is 1. The lowest BCUT2D eigenvalue weighted by molar-refractivity contribution is 0.0925. The Morgan fingerprint density at radius 3 is 2.55 bits per heavy atom. The molecule has 1 aliphatic heterocycles. The number of rotatable bonds is 1. The van der Waals surface area contributed by atoms with Crippen molar-refractivity contribution in [2.75, 3.05) is 10.6 Å². The fourth-order valence-electron chi connectivity index (χ4n) is 2.11. The molecule has 0 radical (unpaired) electrons. The van der Waals surface area contributed by atoms with Crippen molar-refractivity contribution in [2.24, 2.45) is 0 Å². The lowest BCUT2D eigenvalue weighted by Gasteiger charge is -2.13. The fraction of sp³-hybridized carbons (Fsp3) is 0.0714. The van der Waals surface area contributed by atoms with Crippen molar-refractivity contribution in [1.29, 1.82) is 0 Å². The molecule has 5 nitrogen and oxygen atoms in total. The summed E-state index contributed by atoms with van der Waals surface area (Å²) in [5.41, 5.74) is 7.68. The highest BCUT2D eigenvalue weighted by Gasteiger charge is 2.37. The summed E-state index contributed by atoms with van der Waals surface area (Å²) in [4.78, 5) is 29.9. The number of carbonyl (C=O) groups is 2. The van der Waals surface area contributed by atoms with Crippen molar-refractivity contribution >= 4 is 39.2 Å². The number of anilines is 2. The van der Waals surface area contributed by atoms with Gasteiger partial charge in [0.1, 0.15) is 5.82 Å². The molecule has 0 unspecified atom stereocenters. The molecule has 2 heterocycles. The Hall–Kier alpha value is -2.21. The fourth-order valence-corrected chi connectivity index (χ4v) is 2.33. The largest absolute Gasteiger partial charge is 0.399 e. The van der Waals surface area contributed by atoms with Crippen LogP contribution in [-0.2, 0) is 0 Å². The van der Waals surface area contributed by atoms with Gasteiger partial charge < -0.3 is 5.73 Å². The van der Waals surface area contributed by atoms with Gasteiger partial charge in [-0.25, -0.2) is 9.88 Å². The quantitative estimate of drug-likeness (QED) is 0.643. The van der Waals surface area contributed by atoms with Gasteiger partial charge in [-0.3, -0.25) is 9.59 Å². The van der Waals surface area contributed by atoms with E-state index in [2.05, 4.69) is 20.9 Å². The first kappa shape index (κ1) is 12.8. The number of nitrogens with zero attached hydrogens (tertiary/aromatic N) is 2. The third kappa shape index (κ3) is 1.80. The Morgan fingerprint density at radius 1 is 1.15 bits per heavy atom.